The van der Waals surface area contributed by atoms with E-state index in [0.29, 0.717) is 0 Å². The first-order valence-corrected chi connectivity index (χ1v) is 9.51. The highest BCUT2D eigenvalue weighted by molar-refractivity contribution is 5.62. The molecule has 28 heavy (non-hydrogen) atoms. The van der Waals surface area contributed by atoms with E-state index in [-0.39, 0.29) is 6.04 Å². The minimum Gasteiger partial charge on any atom is -0.325 e. The van der Waals surface area contributed by atoms with Gasteiger partial charge in [-0.2, -0.15) is 5.10 Å². The van der Waals surface area contributed by atoms with Gasteiger partial charge in [0, 0.05) is 36.1 Å². The summed E-state index contributed by atoms with van der Waals surface area (Å²) in [5.74, 6) is 0. The Labute approximate surface area is 164 Å². The Morgan fingerprint density at radius 1 is 1.04 bits per heavy atom. The molecule has 0 N–H and O–H groups in total. The summed E-state index contributed by atoms with van der Waals surface area (Å²) < 4.78 is 4.28. The van der Waals surface area contributed by atoms with Crippen LogP contribution in [0, 0.1) is 13.8 Å². The molecule has 4 aromatic rings. The molecule has 3 heterocycles. The van der Waals surface area contributed by atoms with Gasteiger partial charge in [0.05, 0.1) is 29.5 Å². The summed E-state index contributed by atoms with van der Waals surface area (Å²) in [6, 6.07) is 14.5. The van der Waals surface area contributed by atoms with Crippen LogP contribution in [-0.2, 0) is 13.0 Å². The summed E-state index contributed by atoms with van der Waals surface area (Å²) in [6.07, 6.45) is 6.13. The number of hydrogen-bond donors (Lipinski definition) is 0. The van der Waals surface area contributed by atoms with Crippen molar-refractivity contribution in [2.45, 2.75) is 39.8 Å². The normalized spacial score (nSPS) is 12.2. The fourth-order valence-corrected chi connectivity index (χ4v) is 3.61. The Kier molecular flexibility index (Phi) is 5.02. The summed E-state index contributed by atoms with van der Waals surface area (Å²) in [6.45, 7) is 7.08. The summed E-state index contributed by atoms with van der Waals surface area (Å²) in [7, 11) is 0. The first-order valence-electron chi connectivity index (χ1n) is 9.51. The molecule has 0 aliphatic heterocycles. The molecule has 0 spiro atoms. The molecule has 0 radical (unpaired) electrons. The highest BCUT2D eigenvalue weighted by Gasteiger charge is 2.19. The van der Waals surface area contributed by atoms with E-state index in [0.717, 1.165) is 35.6 Å². The lowest BCUT2D eigenvalue weighted by molar-refractivity contribution is 0.545. The van der Waals surface area contributed by atoms with E-state index in [4.69, 9.17) is 4.98 Å². The van der Waals surface area contributed by atoms with Gasteiger partial charge < -0.3 is 4.57 Å². The molecule has 1 atom stereocenters. The maximum atomic E-state index is 4.76. The van der Waals surface area contributed by atoms with E-state index < -0.39 is 0 Å². The lowest BCUT2D eigenvalue weighted by Gasteiger charge is -2.17. The van der Waals surface area contributed by atoms with Crippen LogP contribution in [0.4, 0.5) is 0 Å². The van der Waals surface area contributed by atoms with Gasteiger partial charge in [0.25, 0.3) is 0 Å². The van der Waals surface area contributed by atoms with Crippen molar-refractivity contribution in [3.63, 3.8) is 0 Å². The van der Waals surface area contributed by atoms with Crippen LogP contribution in [0.3, 0.4) is 0 Å². The quantitative estimate of drug-likeness (QED) is 0.513. The number of hydrogen-bond acceptors (Lipinski definition) is 4. The number of benzene rings is 1. The number of aromatic nitrogens is 6. The summed E-state index contributed by atoms with van der Waals surface area (Å²) in [4.78, 5) is 13.2. The largest absolute Gasteiger partial charge is 0.325 e. The van der Waals surface area contributed by atoms with E-state index in [2.05, 4.69) is 56.4 Å². The van der Waals surface area contributed by atoms with Gasteiger partial charge in [0.2, 0.25) is 0 Å². The van der Waals surface area contributed by atoms with E-state index >= 15 is 0 Å². The average molecular weight is 372 g/mol. The summed E-state index contributed by atoms with van der Waals surface area (Å²) >= 11 is 0. The predicted molar refractivity (Wildman–Crippen MR) is 109 cm³/mol. The lowest BCUT2D eigenvalue weighted by atomic mass is 10.1. The van der Waals surface area contributed by atoms with Crippen LogP contribution < -0.4 is 0 Å². The molecule has 0 fully saturated rings. The fraction of sp³-hybridized carbons (Fsp3) is 0.273. The zero-order chi connectivity index (χ0) is 19.5. The van der Waals surface area contributed by atoms with Crippen molar-refractivity contribution in [2.24, 2.45) is 0 Å². The standard InChI is InChI=1S/C22H24N6/c1-16-13-17(2)28(26-16)12-10-21-22(19-7-5-4-6-8-19)25-15-27(21)18(3)20-9-11-23-14-24-20/h4-9,11,13-15,18H,10,12H2,1-3H3/t18-/m1/s1. The van der Waals surface area contributed by atoms with Crippen LogP contribution in [0.25, 0.3) is 11.3 Å². The number of nitrogens with zero attached hydrogens (tertiary/aromatic N) is 6. The van der Waals surface area contributed by atoms with E-state index in [1.807, 2.05) is 37.5 Å². The fourth-order valence-electron chi connectivity index (χ4n) is 3.61. The van der Waals surface area contributed by atoms with Crippen LogP contribution in [0.2, 0.25) is 0 Å². The van der Waals surface area contributed by atoms with Crippen molar-refractivity contribution >= 4 is 0 Å². The first kappa shape index (κ1) is 18.1. The Balaban J connectivity index is 1.72. The van der Waals surface area contributed by atoms with Crippen LogP contribution in [-0.4, -0.2) is 29.3 Å². The van der Waals surface area contributed by atoms with Crippen molar-refractivity contribution in [2.75, 3.05) is 0 Å². The molecule has 4 rings (SSSR count). The second-order valence-electron chi connectivity index (χ2n) is 7.02. The number of rotatable bonds is 6. The van der Waals surface area contributed by atoms with Gasteiger partial charge in [-0.05, 0) is 32.9 Å². The third kappa shape index (κ3) is 3.58. The minimum absolute atomic E-state index is 0.0726. The number of imidazole rings is 1. The van der Waals surface area contributed by atoms with E-state index in [9.17, 15) is 0 Å². The maximum Gasteiger partial charge on any atom is 0.115 e. The third-order valence-electron chi connectivity index (χ3n) is 5.06. The average Bonchev–Trinajstić information content (AvgIpc) is 3.29. The molecule has 0 unspecified atom stereocenters. The molecule has 0 aliphatic carbocycles. The van der Waals surface area contributed by atoms with Crippen LogP contribution in [0.15, 0.2) is 61.3 Å². The van der Waals surface area contributed by atoms with Crippen molar-refractivity contribution in [1.29, 1.82) is 0 Å². The van der Waals surface area contributed by atoms with Gasteiger partial charge in [0.1, 0.15) is 6.33 Å². The Bertz CT molecular complexity index is 1050. The maximum absolute atomic E-state index is 4.76. The number of aryl methyl sites for hydroxylation is 3. The first-order chi connectivity index (χ1) is 13.6. The molecule has 0 bridgehead atoms. The van der Waals surface area contributed by atoms with Crippen molar-refractivity contribution in [3.05, 3.63) is 84.1 Å². The highest BCUT2D eigenvalue weighted by Crippen LogP contribution is 2.27. The summed E-state index contributed by atoms with van der Waals surface area (Å²) in [5, 5.41) is 4.61. The molecule has 0 saturated carbocycles. The monoisotopic (exact) mass is 372 g/mol. The smallest absolute Gasteiger partial charge is 0.115 e. The van der Waals surface area contributed by atoms with Crippen LogP contribution >= 0.6 is 0 Å². The van der Waals surface area contributed by atoms with Gasteiger partial charge in [-0.25, -0.2) is 15.0 Å². The molecule has 142 valence electrons. The Hall–Kier alpha value is -3.28. The van der Waals surface area contributed by atoms with Crippen LogP contribution in [0.1, 0.15) is 35.7 Å². The topological polar surface area (TPSA) is 61.4 Å². The van der Waals surface area contributed by atoms with Gasteiger partial charge in [-0.15, -0.1) is 0 Å². The summed E-state index contributed by atoms with van der Waals surface area (Å²) in [5.41, 5.74) is 6.52. The molecular formula is C22H24N6. The van der Waals surface area contributed by atoms with Crippen molar-refractivity contribution < 1.29 is 0 Å². The van der Waals surface area contributed by atoms with Crippen molar-refractivity contribution in [1.82, 2.24) is 29.3 Å². The Morgan fingerprint density at radius 3 is 2.54 bits per heavy atom. The highest BCUT2D eigenvalue weighted by atomic mass is 15.3. The predicted octanol–water partition coefficient (Wildman–Crippen LogP) is 4.01. The second-order valence-corrected chi connectivity index (χ2v) is 7.02. The third-order valence-corrected chi connectivity index (χ3v) is 5.06. The molecule has 6 heteroatoms. The molecule has 3 aromatic heterocycles. The van der Waals surface area contributed by atoms with Crippen molar-refractivity contribution in [3.8, 4) is 11.3 Å². The molecular weight excluding hydrogens is 348 g/mol. The van der Waals surface area contributed by atoms with E-state index in [1.54, 1.807) is 12.5 Å². The zero-order valence-electron chi connectivity index (χ0n) is 16.4. The van der Waals surface area contributed by atoms with E-state index in [1.165, 1.54) is 11.4 Å². The minimum atomic E-state index is 0.0726. The molecule has 0 amide bonds. The van der Waals surface area contributed by atoms with Gasteiger partial charge in [0.15, 0.2) is 0 Å². The molecule has 6 nitrogen and oxygen atoms in total. The van der Waals surface area contributed by atoms with Gasteiger partial charge in [-0.3, -0.25) is 4.68 Å². The molecule has 0 aliphatic rings. The van der Waals surface area contributed by atoms with Gasteiger partial charge >= 0.3 is 0 Å². The van der Waals surface area contributed by atoms with Gasteiger partial charge in [-0.1, -0.05) is 30.3 Å². The SMILES string of the molecule is Cc1cc(C)n(CCc2c(-c3ccccc3)ncn2[C@H](C)c2ccncn2)n1. The van der Waals surface area contributed by atoms with Crippen LogP contribution in [0.5, 0.6) is 0 Å². The molecule has 0 saturated heterocycles. The second kappa shape index (κ2) is 7.76. The Morgan fingerprint density at radius 2 is 1.86 bits per heavy atom. The zero-order valence-corrected chi connectivity index (χ0v) is 16.4. The lowest BCUT2D eigenvalue weighted by Crippen LogP contribution is -2.14. The molecule has 1 aromatic carbocycles.